The van der Waals surface area contributed by atoms with Gasteiger partial charge in [-0.15, -0.1) is 0 Å². The van der Waals surface area contributed by atoms with Gasteiger partial charge < -0.3 is 9.13 Å². The minimum Gasteiger partial charge on any atom is -0.309 e. The largest absolute Gasteiger partial charge is 0.309 e. The third kappa shape index (κ3) is 5.02. The Morgan fingerprint density at radius 3 is 1.71 bits per heavy atom. The van der Waals surface area contributed by atoms with Crippen molar-refractivity contribution in [3.63, 3.8) is 0 Å². The standard InChI is InChI=1S/C54H34N4/c1-3-13-35(14-4-1)36-23-25-38(26-24-36)53-44-20-9-11-21-47(44)55-54(56-53)39-27-30-41(31-28-39)58-49-32-29-37-15-7-8-18-42(37)52(49)46-33-45-43-19-10-12-22-48(43)57(50(45)34-51(46)58)40-16-5-2-6-17-40/h1-34H. The number of aromatic nitrogens is 4. The van der Waals surface area contributed by atoms with E-state index >= 15 is 0 Å². The Balaban J connectivity index is 1.05. The van der Waals surface area contributed by atoms with Crippen molar-refractivity contribution in [2.24, 2.45) is 0 Å². The Hall–Kier alpha value is -7.82. The van der Waals surface area contributed by atoms with Crippen LogP contribution in [0.15, 0.2) is 206 Å². The van der Waals surface area contributed by atoms with Crippen LogP contribution in [0.2, 0.25) is 0 Å². The first kappa shape index (κ1) is 32.4. The zero-order valence-corrected chi connectivity index (χ0v) is 31.4. The third-order valence-electron chi connectivity index (χ3n) is 11.7. The molecular weight excluding hydrogens is 705 g/mol. The van der Waals surface area contributed by atoms with Crippen LogP contribution in [0.1, 0.15) is 0 Å². The molecule has 4 heteroatoms. The smallest absolute Gasteiger partial charge is 0.160 e. The number of fused-ring (bicyclic) bond motifs is 9. The normalized spacial score (nSPS) is 11.8. The fraction of sp³-hybridized carbons (Fsp3) is 0. The molecule has 0 saturated heterocycles. The van der Waals surface area contributed by atoms with E-state index in [9.17, 15) is 0 Å². The van der Waals surface area contributed by atoms with Crippen LogP contribution in [0.4, 0.5) is 0 Å². The summed E-state index contributed by atoms with van der Waals surface area (Å²) in [6.07, 6.45) is 0. The van der Waals surface area contributed by atoms with Crippen molar-refractivity contribution < 1.29 is 0 Å². The van der Waals surface area contributed by atoms with E-state index in [2.05, 4.69) is 203 Å². The average Bonchev–Trinajstić information content (AvgIpc) is 3.80. The molecule has 0 atom stereocenters. The summed E-state index contributed by atoms with van der Waals surface area (Å²) in [6.45, 7) is 0. The first-order chi connectivity index (χ1) is 28.8. The second-order valence-electron chi connectivity index (χ2n) is 15.0. The van der Waals surface area contributed by atoms with Crippen molar-refractivity contribution in [3.8, 4) is 45.1 Å². The predicted molar refractivity (Wildman–Crippen MR) is 242 cm³/mol. The minimum atomic E-state index is 0.703. The lowest BCUT2D eigenvalue weighted by molar-refractivity contribution is 1.16. The van der Waals surface area contributed by atoms with Crippen molar-refractivity contribution in [2.45, 2.75) is 0 Å². The Labute approximate surface area is 334 Å². The summed E-state index contributed by atoms with van der Waals surface area (Å²) in [5.41, 5.74) is 13.2. The quantitative estimate of drug-likeness (QED) is 0.176. The molecule has 3 aromatic heterocycles. The number of para-hydroxylation sites is 3. The number of benzene rings is 9. The first-order valence-electron chi connectivity index (χ1n) is 19.7. The van der Waals surface area contributed by atoms with Crippen molar-refractivity contribution >= 4 is 65.3 Å². The van der Waals surface area contributed by atoms with Crippen LogP contribution >= 0.6 is 0 Å². The third-order valence-corrected chi connectivity index (χ3v) is 11.7. The molecule has 0 amide bonds. The summed E-state index contributed by atoms with van der Waals surface area (Å²) in [4.78, 5) is 10.3. The SMILES string of the molecule is c1ccc(-c2ccc(-c3nc(-c4ccc(-n5c6cc7c(cc6c6c8ccccc8ccc65)c5ccccc5n7-c5ccccc5)cc4)nc4ccccc34)cc2)cc1. The maximum Gasteiger partial charge on any atom is 0.160 e. The zero-order chi connectivity index (χ0) is 38.2. The second kappa shape index (κ2) is 12.9. The van der Waals surface area contributed by atoms with Crippen molar-refractivity contribution in [1.29, 1.82) is 0 Å². The molecule has 12 aromatic rings. The summed E-state index contributed by atoms with van der Waals surface area (Å²) in [5.74, 6) is 0.703. The lowest BCUT2D eigenvalue weighted by atomic mass is 10.0. The van der Waals surface area contributed by atoms with E-state index < -0.39 is 0 Å². The molecule has 0 fully saturated rings. The van der Waals surface area contributed by atoms with Gasteiger partial charge in [0, 0.05) is 49.4 Å². The fourth-order valence-electron chi connectivity index (χ4n) is 9.02. The monoisotopic (exact) mass is 738 g/mol. The van der Waals surface area contributed by atoms with Gasteiger partial charge in [-0.05, 0) is 88.6 Å². The van der Waals surface area contributed by atoms with E-state index in [0.717, 1.165) is 44.6 Å². The summed E-state index contributed by atoms with van der Waals surface area (Å²) in [5, 5.41) is 8.50. The van der Waals surface area contributed by atoms with Crippen LogP contribution < -0.4 is 0 Å². The van der Waals surface area contributed by atoms with Crippen LogP contribution in [0, 0.1) is 0 Å². The minimum absolute atomic E-state index is 0.703. The lowest BCUT2D eigenvalue weighted by Gasteiger charge is -2.12. The van der Waals surface area contributed by atoms with E-state index in [4.69, 9.17) is 9.97 Å². The van der Waals surface area contributed by atoms with Crippen LogP contribution in [-0.4, -0.2) is 19.1 Å². The van der Waals surface area contributed by atoms with Crippen molar-refractivity contribution in [3.05, 3.63) is 206 Å². The van der Waals surface area contributed by atoms with Crippen LogP contribution in [0.5, 0.6) is 0 Å². The van der Waals surface area contributed by atoms with E-state index in [1.54, 1.807) is 0 Å². The van der Waals surface area contributed by atoms with Gasteiger partial charge in [-0.25, -0.2) is 9.97 Å². The average molecular weight is 739 g/mol. The van der Waals surface area contributed by atoms with Crippen LogP contribution in [0.25, 0.3) is 110 Å². The Kier molecular flexibility index (Phi) is 7.20. The van der Waals surface area contributed by atoms with Gasteiger partial charge in [0.15, 0.2) is 5.82 Å². The molecule has 9 aromatic carbocycles. The number of hydrogen-bond donors (Lipinski definition) is 0. The van der Waals surface area contributed by atoms with Crippen molar-refractivity contribution in [2.75, 3.05) is 0 Å². The molecule has 12 rings (SSSR count). The van der Waals surface area contributed by atoms with Gasteiger partial charge in [0.05, 0.1) is 33.3 Å². The summed E-state index contributed by atoms with van der Waals surface area (Å²) in [7, 11) is 0. The summed E-state index contributed by atoms with van der Waals surface area (Å²) >= 11 is 0. The highest BCUT2D eigenvalue weighted by Gasteiger charge is 2.20. The molecule has 0 bridgehead atoms. The molecule has 0 spiro atoms. The van der Waals surface area contributed by atoms with Gasteiger partial charge in [0.2, 0.25) is 0 Å². The molecule has 270 valence electrons. The molecule has 0 radical (unpaired) electrons. The lowest BCUT2D eigenvalue weighted by Crippen LogP contribution is -1.97. The summed E-state index contributed by atoms with van der Waals surface area (Å²) in [6, 6.07) is 73.8. The number of nitrogens with zero attached hydrogens (tertiary/aromatic N) is 4. The number of hydrogen-bond acceptors (Lipinski definition) is 2. The van der Waals surface area contributed by atoms with Gasteiger partial charge in [-0.2, -0.15) is 0 Å². The molecule has 4 nitrogen and oxygen atoms in total. The van der Waals surface area contributed by atoms with Gasteiger partial charge >= 0.3 is 0 Å². The highest BCUT2D eigenvalue weighted by Crippen LogP contribution is 2.42. The zero-order valence-electron chi connectivity index (χ0n) is 31.4. The highest BCUT2D eigenvalue weighted by molar-refractivity contribution is 6.25. The van der Waals surface area contributed by atoms with Gasteiger partial charge in [0.1, 0.15) is 0 Å². The van der Waals surface area contributed by atoms with E-state index in [-0.39, 0.29) is 0 Å². The predicted octanol–water partition coefficient (Wildman–Crippen LogP) is 14.0. The van der Waals surface area contributed by atoms with Gasteiger partial charge in [-0.3, -0.25) is 0 Å². The molecule has 0 unspecified atom stereocenters. The molecule has 3 heterocycles. The summed E-state index contributed by atoms with van der Waals surface area (Å²) < 4.78 is 4.82. The van der Waals surface area contributed by atoms with E-state index in [1.165, 1.54) is 60.0 Å². The van der Waals surface area contributed by atoms with Gasteiger partial charge in [-0.1, -0.05) is 140 Å². The fourth-order valence-corrected chi connectivity index (χ4v) is 9.02. The Morgan fingerprint density at radius 2 is 0.897 bits per heavy atom. The molecule has 0 aliphatic carbocycles. The van der Waals surface area contributed by atoms with Gasteiger partial charge in [0.25, 0.3) is 0 Å². The highest BCUT2D eigenvalue weighted by atomic mass is 15.0. The first-order valence-corrected chi connectivity index (χ1v) is 19.7. The molecule has 0 N–H and O–H groups in total. The molecular formula is C54H34N4. The van der Waals surface area contributed by atoms with Crippen LogP contribution in [0.3, 0.4) is 0 Å². The molecule has 0 aliphatic heterocycles. The van der Waals surface area contributed by atoms with E-state index in [1.807, 2.05) is 12.1 Å². The molecule has 58 heavy (non-hydrogen) atoms. The van der Waals surface area contributed by atoms with Crippen LogP contribution in [-0.2, 0) is 0 Å². The maximum atomic E-state index is 5.24. The maximum absolute atomic E-state index is 5.24. The van der Waals surface area contributed by atoms with Crippen molar-refractivity contribution in [1.82, 2.24) is 19.1 Å². The molecule has 0 aliphatic rings. The molecule has 0 saturated carbocycles. The number of rotatable bonds is 5. The Bertz CT molecular complexity index is 3530. The Morgan fingerprint density at radius 1 is 0.310 bits per heavy atom. The topological polar surface area (TPSA) is 35.6 Å². The van der Waals surface area contributed by atoms with E-state index in [0.29, 0.717) is 5.82 Å². The second-order valence-corrected chi connectivity index (χ2v) is 15.0.